The fourth-order valence-electron chi connectivity index (χ4n) is 4.93. The molecule has 12 heteroatoms. The van der Waals surface area contributed by atoms with Crippen molar-refractivity contribution >= 4 is 81.4 Å². The first kappa shape index (κ1) is 24.6. The van der Waals surface area contributed by atoms with Crippen LogP contribution in [-0.4, -0.2) is 35.5 Å². The number of amides is 3. The van der Waals surface area contributed by atoms with Crippen LogP contribution in [-0.2, 0) is 4.79 Å². The maximum absolute atomic E-state index is 13.7. The standard InChI is InChI=1S/C25H13Cl5N2O5/c1-9-6-11(26)3-4-12(9)31-21(10-2-5-13-14(7-10)37-8-36-13)22(25(31)35)32-23(33)15-16(24(32)34)18(28)20(30)19(29)17(15)27/h2-7,21-22H,8H2,1H3/t21-,22+/m1/s1. The smallest absolute Gasteiger partial charge is 0.264 e. The summed E-state index contributed by atoms with van der Waals surface area (Å²) in [6.45, 7) is 1.87. The van der Waals surface area contributed by atoms with Crippen molar-refractivity contribution in [3.05, 3.63) is 83.8 Å². The third-order valence-corrected chi connectivity index (χ3v) is 8.67. The molecule has 2 atom stereocenters. The summed E-state index contributed by atoms with van der Waals surface area (Å²) < 4.78 is 10.9. The fraction of sp³-hybridized carbons (Fsp3) is 0.160. The number of imide groups is 1. The molecule has 0 unspecified atom stereocenters. The zero-order chi connectivity index (χ0) is 26.3. The van der Waals surface area contributed by atoms with E-state index in [0.717, 1.165) is 10.5 Å². The van der Waals surface area contributed by atoms with Crippen LogP contribution in [0.15, 0.2) is 36.4 Å². The first-order valence-corrected chi connectivity index (χ1v) is 12.7. The molecule has 3 aliphatic heterocycles. The van der Waals surface area contributed by atoms with Crippen LogP contribution < -0.4 is 14.4 Å². The summed E-state index contributed by atoms with van der Waals surface area (Å²) in [5.41, 5.74) is 1.55. The van der Waals surface area contributed by atoms with Gasteiger partial charge in [0, 0.05) is 10.7 Å². The Morgan fingerprint density at radius 2 is 1.35 bits per heavy atom. The summed E-state index contributed by atoms with van der Waals surface area (Å²) in [7, 11) is 0. The molecule has 7 nitrogen and oxygen atoms in total. The van der Waals surface area contributed by atoms with Crippen molar-refractivity contribution in [3.8, 4) is 11.5 Å². The molecular weight excluding hydrogens is 586 g/mol. The number of benzene rings is 3. The molecule has 37 heavy (non-hydrogen) atoms. The predicted molar refractivity (Wildman–Crippen MR) is 140 cm³/mol. The van der Waals surface area contributed by atoms with Crippen LogP contribution in [0.5, 0.6) is 11.5 Å². The zero-order valence-electron chi connectivity index (χ0n) is 18.7. The fourth-order valence-corrected chi connectivity index (χ4v) is 6.17. The second-order valence-electron chi connectivity index (χ2n) is 8.63. The average Bonchev–Trinajstić information content (AvgIpc) is 3.43. The highest BCUT2D eigenvalue weighted by Gasteiger charge is 2.58. The molecule has 3 aromatic carbocycles. The number of hydrogen-bond acceptors (Lipinski definition) is 5. The molecule has 0 aliphatic carbocycles. The van der Waals surface area contributed by atoms with Gasteiger partial charge in [0.25, 0.3) is 17.7 Å². The number of carbonyl (C=O) groups excluding carboxylic acids is 3. The van der Waals surface area contributed by atoms with Gasteiger partial charge < -0.3 is 14.4 Å². The minimum absolute atomic E-state index is 0.0583. The van der Waals surface area contributed by atoms with E-state index < -0.39 is 29.8 Å². The zero-order valence-corrected chi connectivity index (χ0v) is 22.4. The number of nitrogens with zero attached hydrogens (tertiary/aromatic N) is 2. The highest BCUT2D eigenvalue weighted by atomic mass is 35.5. The predicted octanol–water partition coefficient (Wildman–Crippen LogP) is 6.74. The Hall–Kier alpha value is -2.68. The Morgan fingerprint density at radius 1 is 0.730 bits per heavy atom. The van der Waals surface area contributed by atoms with E-state index in [1.807, 2.05) is 6.92 Å². The molecule has 0 spiro atoms. The van der Waals surface area contributed by atoms with E-state index in [1.165, 1.54) is 4.90 Å². The van der Waals surface area contributed by atoms with Crippen molar-refractivity contribution in [1.29, 1.82) is 0 Å². The molecule has 6 rings (SSSR count). The molecule has 1 saturated heterocycles. The van der Waals surface area contributed by atoms with Gasteiger partial charge in [0.2, 0.25) is 6.79 Å². The second-order valence-corrected chi connectivity index (χ2v) is 10.6. The van der Waals surface area contributed by atoms with Crippen LogP contribution >= 0.6 is 58.0 Å². The van der Waals surface area contributed by atoms with Crippen molar-refractivity contribution < 1.29 is 23.9 Å². The van der Waals surface area contributed by atoms with E-state index in [9.17, 15) is 14.4 Å². The van der Waals surface area contributed by atoms with E-state index in [-0.39, 0.29) is 38.0 Å². The van der Waals surface area contributed by atoms with Gasteiger partial charge in [-0.3, -0.25) is 19.3 Å². The number of β-lactam (4-membered cyclic amide) rings is 1. The molecule has 0 radical (unpaired) electrons. The summed E-state index contributed by atoms with van der Waals surface area (Å²) in [4.78, 5) is 43.2. The Morgan fingerprint density at radius 3 is 1.97 bits per heavy atom. The quantitative estimate of drug-likeness (QED) is 0.144. The molecule has 3 heterocycles. The van der Waals surface area contributed by atoms with E-state index in [0.29, 0.717) is 27.8 Å². The highest BCUT2D eigenvalue weighted by molar-refractivity contribution is 6.55. The lowest BCUT2D eigenvalue weighted by molar-refractivity contribution is -0.130. The van der Waals surface area contributed by atoms with Gasteiger partial charge in [0.1, 0.15) is 6.04 Å². The number of aryl methyl sites for hydroxylation is 1. The summed E-state index contributed by atoms with van der Waals surface area (Å²) >= 11 is 31.1. The SMILES string of the molecule is Cc1cc(Cl)ccc1N1C(=O)[C@@H](N2C(=O)c3c(Cl)c(Cl)c(Cl)c(Cl)c3C2=O)[C@H]1c1ccc2c(c1)OCO2. The van der Waals surface area contributed by atoms with Crippen molar-refractivity contribution in [3.63, 3.8) is 0 Å². The van der Waals surface area contributed by atoms with Gasteiger partial charge in [0.15, 0.2) is 11.5 Å². The molecule has 1 fully saturated rings. The van der Waals surface area contributed by atoms with Crippen molar-refractivity contribution in [2.24, 2.45) is 0 Å². The Balaban J connectivity index is 1.49. The van der Waals surface area contributed by atoms with Crippen LogP contribution in [0.4, 0.5) is 5.69 Å². The molecule has 3 aromatic rings. The average molecular weight is 599 g/mol. The molecule has 0 bridgehead atoms. The van der Waals surface area contributed by atoms with E-state index >= 15 is 0 Å². The molecule has 188 valence electrons. The van der Waals surface area contributed by atoms with E-state index in [2.05, 4.69) is 0 Å². The maximum atomic E-state index is 13.7. The van der Waals surface area contributed by atoms with Crippen LogP contribution in [0.2, 0.25) is 25.1 Å². The third kappa shape index (κ3) is 3.45. The van der Waals surface area contributed by atoms with Gasteiger partial charge in [-0.25, -0.2) is 0 Å². The van der Waals surface area contributed by atoms with Crippen molar-refractivity contribution in [1.82, 2.24) is 4.90 Å². The highest BCUT2D eigenvalue weighted by Crippen LogP contribution is 2.50. The largest absolute Gasteiger partial charge is 0.454 e. The van der Waals surface area contributed by atoms with E-state index in [1.54, 1.807) is 36.4 Å². The lowest BCUT2D eigenvalue weighted by Gasteiger charge is -2.50. The molecule has 0 N–H and O–H groups in total. The molecule has 3 amide bonds. The normalized spacial score (nSPS) is 20.0. The Labute approximate surface area is 235 Å². The van der Waals surface area contributed by atoms with Crippen LogP contribution in [0.1, 0.15) is 37.9 Å². The van der Waals surface area contributed by atoms with Gasteiger partial charge in [-0.05, 0) is 48.4 Å². The van der Waals surface area contributed by atoms with Gasteiger partial charge >= 0.3 is 0 Å². The monoisotopic (exact) mass is 596 g/mol. The summed E-state index contributed by atoms with van der Waals surface area (Å²) in [5, 5.41) is -0.210. The Bertz CT molecular complexity index is 1530. The van der Waals surface area contributed by atoms with Gasteiger partial charge in [-0.2, -0.15) is 0 Å². The number of rotatable bonds is 3. The van der Waals surface area contributed by atoms with Gasteiger partial charge in [-0.15, -0.1) is 0 Å². The molecule has 0 saturated carbocycles. The molecular formula is C25H13Cl5N2O5. The molecule has 3 aliphatic rings. The summed E-state index contributed by atoms with van der Waals surface area (Å²) in [6, 6.07) is 8.31. The number of ether oxygens (including phenoxy) is 2. The number of hydrogen-bond donors (Lipinski definition) is 0. The lowest BCUT2D eigenvalue weighted by Crippen LogP contribution is -2.67. The molecule has 0 aromatic heterocycles. The first-order chi connectivity index (χ1) is 17.6. The van der Waals surface area contributed by atoms with Gasteiger partial charge in [0.05, 0.1) is 37.3 Å². The topological polar surface area (TPSA) is 76.2 Å². The van der Waals surface area contributed by atoms with Crippen LogP contribution in [0.25, 0.3) is 0 Å². The van der Waals surface area contributed by atoms with Crippen LogP contribution in [0, 0.1) is 6.92 Å². The third-order valence-electron chi connectivity index (χ3n) is 6.63. The summed E-state index contributed by atoms with van der Waals surface area (Å²) in [5.74, 6) is -1.03. The Kier molecular flexibility index (Phi) is 5.78. The number of halogens is 5. The number of fused-ring (bicyclic) bond motifs is 2. The van der Waals surface area contributed by atoms with Crippen molar-refractivity contribution in [2.75, 3.05) is 11.7 Å². The minimum atomic E-state index is -1.20. The van der Waals surface area contributed by atoms with Crippen LogP contribution in [0.3, 0.4) is 0 Å². The second kappa shape index (κ2) is 8.68. The van der Waals surface area contributed by atoms with E-state index in [4.69, 9.17) is 67.5 Å². The maximum Gasteiger partial charge on any atom is 0.264 e. The first-order valence-electron chi connectivity index (χ1n) is 10.8. The number of carbonyl (C=O) groups is 3. The number of anilines is 1. The van der Waals surface area contributed by atoms with Crippen molar-refractivity contribution in [2.45, 2.75) is 19.0 Å². The summed E-state index contributed by atoms with van der Waals surface area (Å²) in [6.07, 6.45) is 0. The lowest BCUT2D eigenvalue weighted by atomic mass is 9.85. The van der Waals surface area contributed by atoms with Gasteiger partial charge in [-0.1, -0.05) is 64.1 Å². The minimum Gasteiger partial charge on any atom is -0.454 e.